The molecule has 0 fully saturated rings. The van der Waals surface area contributed by atoms with Crippen LogP contribution in [0.2, 0.25) is 0 Å². The summed E-state index contributed by atoms with van der Waals surface area (Å²) < 4.78 is 0. The van der Waals surface area contributed by atoms with Crippen LogP contribution in [0.15, 0.2) is 5.51 Å². The third-order valence-electron chi connectivity index (χ3n) is 2.15. The first kappa shape index (κ1) is 11.1. The number of amides is 1. The molecular formula is C8H14N4OS. The molecule has 5 nitrogen and oxygen atoms in total. The van der Waals surface area contributed by atoms with Gasteiger partial charge in [-0.1, -0.05) is 31.6 Å². The molecule has 0 unspecified atom stereocenters. The molecule has 2 atom stereocenters. The van der Waals surface area contributed by atoms with Crippen molar-refractivity contribution in [3.8, 4) is 0 Å². The SMILES string of the molecule is CC[C@H](C)[C@H](N)C(=O)Nc1nncs1. The van der Waals surface area contributed by atoms with Gasteiger partial charge in [-0.05, 0) is 5.92 Å². The largest absolute Gasteiger partial charge is 0.320 e. The topological polar surface area (TPSA) is 80.9 Å². The lowest BCUT2D eigenvalue weighted by atomic mass is 10.00. The van der Waals surface area contributed by atoms with Crippen molar-refractivity contribution < 1.29 is 4.79 Å². The second-order valence-corrected chi connectivity index (χ2v) is 3.98. The smallest absolute Gasteiger partial charge is 0.243 e. The average molecular weight is 214 g/mol. The molecule has 1 aromatic rings. The van der Waals surface area contributed by atoms with E-state index in [4.69, 9.17) is 5.73 Å². The molecule has 1 rings (SSSR count). The van der Waals surface area contributed by atoms with Gasteiger partial charge in [0.05, 0.1) is 6.04 Å². The first-order valence-corrected chi connectivity index (χ1v) is 5.35. The lowest BCUT2D eigenvalue weighted by Crippen LogP contribution is -2.40. The molecule has 1 heterocycles. The van der Waals surface area contributed by atoms with Gasteiger partial charge in [-0.2, -0.15) is 0 Å². The van der Waals surface area contributed by atoms with E-state index in [0.29, 0.717) is 5.13 Å². The van der Waals surface area contributed by atoms with E-state index >= 15 is 0 Å². The maximum absolute atomic E-state index is 11.5. The molecule has 0 aromatic carbocycles. The molecule has 14 heavy (non-hydrogen) atoms. The van der Waals surface area contributed by atoms with Gasteiger partial charge in [-0.25, -0.2) is 0 Å². The van der Waals surface area contributed by atoms with Crippen molar-refractivity contribution in [2.45, 2.75) is 26.3 Å². The average Bonchev–Trinajstić information content (AvgIpc) is 2.68. The number of nitrogens with one attached hydrogen (secondary N) is 1. The summed E-state index contributed by atoms with van der Waals surface area (Å²) in [5.74, 6) is -0.0287. The molecule has 0 bridgehead atoms. The number of carbonyl (C=O) groups is 1. The Hall–Kier alpha value is -1.01. The highest BCUT2D eigenvalue weighted by atomic mass is 32.1. The lowest BCUT2D eigenvalue weighted by molar-refractivity contribution is -0.118. The predicted molar refractivity (Wildman–Crippen MR) is 56.0 cm³/mol. The minimum Gasteiger partial charge on any atom is -0.320 e. The van der Waals surface area contributed by atoms with Crippen LogP contribution in [0.25, 0.3) is 0 Å². The van der Waals surface area contributed by atoms with Crippen LogP contribution >= 0.6 is 11.3 Å². The van der Waals surface area contributed by atoms with E-state index in [-0.39, 0.29) is 11.8 Å². The summed E-state index contributed by atoms with van der Waals surface area (Å²) in [6, 6.07) is -0.483. The monoisotopic (exact) mass is 214 g/mol. The van der Waals surface area contributed by atoms with Crippen molar-refractivity contribution in [2.24, 2.45) is 11.7 Å². The molecule has 0 saturated heterocycles. The molecule has 3 N–H and O–H groups in total. The van der Waals surface area contributed by atoms with Crippen molar-refractivity contribution in [3.05, 3.63) is 5.51 Å². The Morgan fingerprint density at radius 1 is 1.79 bits per heavy atom. The molecule has 1 amide bonds. The summed E-state index contributed by atoms with van der Waals surface area (Å²) in [5, 5.41) is 10.4. The van der Waals surface area contributed by atoms with Gasteiger partial charge in [-0.3, -0.25) is 10.1 Å². The number of aromatic nitrogens is 2. The lowest BCUT2D eigenvalue weighted by Gasteiger charge is -2.16. The first-order valence-electron chi connectivity index (χ1n) is 4.47. The minimum atomic E-state index is -0.483. The van der Waals surface area contributed by atoms with E-state index in [1.165, 1.54) is 11.3 Å². The van der Waals surface area contributed by atoms with Crippen molar-refractivity contribution in [1.82, 2.24) is 10.2 Å². The summed E-state index contributed by atoms with van der Waals surface area (Å²) in [6.45, 7) is 3.95. The Balaban J connectivity index is 2.50. The van der Waals surface area contributed by atoms with Crippen molar-refractivity contribution in [2.75, 3.05) is 5.32 Å². The summed E-state index contributed by atoms with van der Waals surface area (Å²) in [4.78, 5) is 11.5. The zero-order valence-electron chi connectivity index (χ0n) is 8.23. The van der Waals surface area contributed by atoms with Crippen LogP contribution in [0.3, 0.4) is 0 Å². The molecule has 0 aliphatic carbocycles. The molecule has 0 aliphatic heterocycles. The van der Waals surface area contributed by atoms with E-state index < -0.39 is 6.04 Å². The Morgan fingerprint density at radius 2 is 2.50 bits per heavy atom. The van der Waals surface area contributed by atoms with Crippen LogP contribution in [0.1, 0.15) is 20.3 Å². The van der Waals surface area contributed by atoms with Gasteiger partial charge in [0.2, 0.25) is 11.0 Å². The number of nitrogens with two attached hydrogens (primary N) is 1. The van der Waals surface area contributed by atoms with E-state index in [0.717, 1.165) is 6.42 Å². The zero-order valence-corrected chi connectivity index (χ0v) is 9.04. The van der Waals surface area contributed by atoms with Gasteiger partial charge in [0.1, 0.15) is 5.51 Å². The standard InChI is InChI=1S/C8H14N4OS/c1-3-5(2)6(9)7(13)11-8-12-10-4-14-8/h4-6H,3,9H2,1-2H3,(H,11,12,13)/t5-,6-/m0/s1. The van der Waals surface area contributed by atoms with E-state index in [1.807, 2.05) is 13.8 Å². The van der Waals surface area contributed by atoms with Gasteiger partial charge < -0.3 is 5.73 Å². The van der Waals surface area contributed by atoms with Crippen LogP contribution in [-0.2, 0) is 4.79 Å². The predicted octanol–water partition coefficient (Wildman–Crippen LogP) is 0.850. The quantitative estimate of drug-likeness (QED) is 0.778. The van der Waals surface area contributed by atoms with Gasteiger partial charge in [0.15, 0.2) is 0 Å². The fraction of sp³-hybridized carbons (Fsp3) is 0.625. The van der Waals surface area contributed by atoms with Crippen LogP contribution in [0.5, 0.6) is 0 Å². The fourth-order valence-corrected chi connectivity index (χ4v) is 1.38. The van der Waals surface area contributed by atoms with E-state index in [9.17, 15) is 4.79 Å². The fourth-order valence-electron chi connectivity index (χ4n) is 0.929. The van der Waals surface area contributed by atoms with Crippen LogP contribution < -0.4 is 11.1 Å². The summed E-state index contributed by atoms with van der Waals surface area (Å²) in [5.41, 5.74) is 7.29. The number of hydrogen-bond acceptors (Lipinski definition) is 5. The molecule has 0 saturated carbocycles. The maximum Gasteiger partial charge on any atom is 0.243 e. The van der Waals surface area contributed by atoms with Crippen LogP contribution in [0.4, 0.5) is 5.13 Å². The van der Waals surface area contributed by atoms with Crippen molar-refractivity contribution in [1.29, 1.82) is 0 Å². The molecule has 0 radical (unpaired) electrons. The summed E-state index contributed by atoms with van der Waals surface area (Å²) in [6.07, 6.45) is 0.880. The molecule has 78 valence electrons. The van der Waals surface area contributed by atoms with Crippen molar-refractivity contribution >= 4 is 22.4 Å². The number of anilines is 1. The van der Waals surface area contributed by atoms with Crippen molar-refractivity contribution in [3.63, 3.8) is 0 Å². The molecule has 1 aromatic heterocycles. The highest BCUT2D eigenvalue weighted by molar-refractivity contribution is 7.13. The molecule has 0 aliphatic rings. The summed E-state index contributed by atoms with van der Waals surface area (Å²) in [7, 11) is 0. The zero-order chi connectivity index (χ0) is 10.6. The molecular weight excluding hydrogens is 200 g/mol. The Bertz CT molecular complexity index is 288. The van der Waals surface area contributed by atoms with Gasteiger partial charge in [-0.15, -0.1) is 10.2 Å². The number of carbonyl (C=O) groups excluding carboxylic acids is 1. The Morgan fingerprint density at radius 3 is 3.00 bits per heavy atom. The normalized spacial score (nSPS) is 14.8. The number of hydrogen-bond donors (Lipinski definition) is 2. The molecule has 6 heteroatoms. The molecule has 0 spiro atoms. The third kappa shape index (κ3) is 2.74. The summed E-state index contributed by atoms with van der Waals surface area (Å²) >= 11 is 1.28. The Labute approximate surface area is 86.7 Å². The first-order chi connectivity index (χ1) is 6.65. The minimum absolute atomic E-state index is 0.169. The Kier molecular flexibility index (Phi) is 3.97. The van der Waals surface area contributed by atoms with E-state index in [2.05, 4.69) is 15.5 Å². The highest BCUT2D eigenvalue weighted by Crippen LogP contribution is 2.11. The number of nitrogens with zero attached hydrogens (tertiary/aromatic N) is 2. The third-order valence-corrected chi connectivity index (χ3v) is 2.76. The maximum atomic E-state index is 11.5. The van der Waals surface area contributed by atoms with Crippen LogP contribution in [-0.4, -0.2) is 22.1 Å². The van der Waals surface area contributed by atoms with Crippen LogP contribution in [0, 0.1) is 5.92 Å². The van der Waals surface area contributed by atoms with E-state index in [1.54, 1.807) is 5.51 Å². The highest BCUT2D eigenvalue weighted by Gasteiger charge is 2.19. The van der Waals surface area contributed by atoms with Gasteiger partial charge in [0, 0.05) is 0 Å². The second-order valence-electron chi connectivity index (χ2n) is 3.14. The van der Waals surface area contributed by atoms with Gasteiger partial charge >= 0.3 is 0 Å². The number of rotatable bonds is 4. The second kappa shape index (κ2) is 5.02. The van der Waals surface area contributed by atoms with Gasteiger partial charge in [0.25, 0.3) is 0 Å².